The molecule has 6 nitrogen and oxygen atoms in total. The van der Waals surface area contributed by atoms with Crippen LogP contribution in [-0.2, 0) is 9.53 Å². The number of nitro benzene ring substituents is 1. The van der Waals surface area contributed by atoms with Gasteiger partial charge in [-0.2, -0.15) is 0 Å². The number of nitro groups is 1. The van der Waals surface area contributed by atoms with Crippen LogP contribution in [0.5, 0.6) is 0 Å². The van der Waals surface area contributed by atoms with Crippen molar-refractivity contribution < 1.29 is 14.5 Å². The number of rotatable bonds is 4. The molecule has 0 heterocycles. The minimum Gasteiger partial charge on any atom is -0.468 e. The van der Waals surface area contributed by atoms with Crippen molar-refractivity contribution in [2.24, 2.45) is 0 Å². The lowest BCUT2D eigenvalue weighted by Gasteiger charge is -2.08. The second-order valence-electron chi connectivity index (χ2n) is 3.31. The van der Waals surface area contributed by atoms with E-state index in [2.05, 4.69) is 26.0 Å². The normalized spacial score (nSPS) is 9.82. The molecule has 0 aliphatic heterocycles. The van der Waals surface area contributed by atoms with Crippen LogP contribution in [0.2, 0.25) is 0 Å². The average Bonchev–Trinajstić information content (AvgIpc) is 2.28. The van der Waals surface area contributed by atoms with Crippen LogP contribution in [0.15, 0.2) is 16.6 Å². The van der Waals surface area contributed by atoms with Crippen LogP contribution in [0.3, 0.4) is 0 Å². The summed E-state index contributed by atoms with van der Waals surface area (Å²) in [6.07, 6.45) is 0. The number of ether oxygens (including phenoxy) is 1. The zero-order valence-electron chi connectivity index (χ0n) is 9.32. The molecular weight excluding hydrogens is 292 g/mol. The zero-order chi connectivity index (χ0) is 13.0. The maximum atomic E-state index is 10.9. The third-order valence-electron chi connectivity index (χ3n) is 2.13. The molecule has 0 aliphatic rings. The topological polar surface area (TPSA) is 81.5 Å². The number of nitrogens with one attached hydrogen (secondary N) is 1. The highest BCUT2D eigenvalue weighted by Gasteiger charge is 2.14. The molecule has 0 saturated carbocycles. The Morgan fingerprint density at radius 3 is 2.76 bits per heavy atom. The van der Waals surface area contributed by atoms with Crippen molar-refractivity contribution >= 4 is 33.3 Å². The maximum absolute atomic E-state index is 10.9. The largest absolute Gasteiger partial charge is 0.468 e. The number of benzene rings is 1. The Bertz CT molecular complexity index is 462. The van der Waals surface area contributed by atoms with Gasteiger partial charge in [0.2, 0.25) is 0 Å². The van der Waals surface area contributed by atoms with Gasteiger partial charge in [0, 0.05) is 21.8 Å². The van der Waals surface area contributed by atoms with Crippen molar-refractivity contribution in [1.82, 2.24) is 0 Å². The molecule has 92 valence electrons. The van der Waals surface area contributed by atoms with Crippen molar-refractivity contribution in [1.29, 1.82) is 0 Å². The summed E-state index contributed by atoms with van der Waals surface area (Å²) in [6.45, 7) is 1.64. The lowest BCUT2D eigenvalue weighted by Crippen LogP contribution is -2.15. The van der Waals surface area contributed by atoms with Gasteiger partial charge in [-0.15, -0.1) is 0 Å². The number of methoxy groups -OCH3 is 1. The van der Waals surface area contributed by atoms with Gasteiger partial charge in [0.15, 0.2) is 0 Å². The highest BCUT2D eigenvalue weighted by atomic mass is 79.9. The first kappa shape index (κ1) is 13.4. The van der Waals surface area contributed by atoms with E-state index >= 15 is 0 Å². The number of anilines is 1. The predicted molar refractivity (Wildman–Crippen MR) is 66.0 cm³/mol. The van der Waals surface area contributed by atoms with Gasteiger partial charge in [0.05, 0.1) is 12.0 Å². The molecule has 1 N–H and O–H groups in total. The van der Waals surface area contributed by atoms with E-state index in [0.29, 0.717) is 15.7 Å². The van der Waals surface area contributed by atoms with Gasteiger partial charge < -0.3 is 10.1 Å². The summed E-state index contributed by atoms with van der Waals surface area (Å²) in [4.78, 5) is 21.2. The Labute approximate surface area is 106 Å². The van der Waals surface area contributed by atoms with Crippen molar-refractivity contribution in [3.63, 3.8) is 0 Å². The third kappa shape index (κ3) is 3.42. The fourth-order valence-electron chi connectivity index (χ4n) is 1.24. The van der Waals surface area contributed by atoms with Crippen molar-refractivity contribution in [3.05, 3.63) is 32.3 Å². The number of halogens is 1. The number of carbonyl (C=O) groups is 1. The number of esters is 1. The Balaban J connectivity index is 2.92. The van der Waals surface area contributed by atoms with E-state index < -0.39 is 10.9 Å². The van der Waals surface area contributed by atoms with Gasteiger partial charge in [0.25, 0.3) is 5.69 Å². The molecule has 7 heteroatoms. The first-order chi connectivity index (χ1) is 7.95. The highest BCUT2D eigenvalue weighted by molar-refractivity contribution is 9.10. The summed E-state index contributed by atoms with van der Waals surface area (Å²) in [5, 5.41) is 13.5. The molecular formula is C10H11BrN2O4. The van der Waals surface area contributed by atoms with E-state index in [1.165, 1.54) is 13.2 Å². The lowest BCUT2D eigenvalue weighted by atomic mass is 10.2. The minimum absolute atomic E-state index is 0.00630. The summed E-state index contributed by atoms with van der Waals surface area (Å²) in [6, 6.07) is 3.00. The Kier molecular flexibility index (Phi) is 4.45. The van der Waals surface area contributed by atoms with Crippen LogP contribution >= 0.6 is 15.9 Å². The molecule has 0 amide bonds. The molecule has 0 aromatic heterocycles. The molecule has 0 atom stereocenters. The van der Waals surface area contributed by atoms with E-state index in [9.17, 15) is 14.9 Å². The molecule has 0 saturated heterocycles. The Morgan fingerprint density at radius 2 is 2.24 bits per heavy atom. The van der Waals surface area contributed by atoms with Crippen molar-refractivity contribution in [2.75, 3.05) is 19.0 Å². The second-order valence-corrected chi connectivity index (χ2v) is 4.16. The van der Waals surface area contributed by atoms with E-state index in [4.69, 9.17) is 0 Å². The number of aryl methyl sites for hydroxylation is 1. The molecule has 1 aromatic carbocycles. The molecule has 1 rings (SSSR count). The third-order valence-corrected chi connectivity index (χ3v) is 2.79. The van der Waals surface area contributed by atoms with Gasteiger partial charge in [-0.25, -0.2) is 0 Å². The first-order valence-corrected chi connectivity index (χ1v) is 5.50. The van der Waals surface area contributed by atoms with Gasteiger partial charge in [-0.3, -0.25) is 14.9 Å². The zero-order valence-corrected chi connectivity index (χ0v) is 10.9. The van der Waals surface area contributed by atoms with Gasteiger partial charge >= 0.3 is 5.97 Å². The van der Waals surface area contributed by atoms with Crippen LogP contribution in [0.25, 0.3) is 0 Å². The summed E-state index contributed by atoms with van der Waals surface area (Å²) < 4.78 is 5.01. The molecule has 0 bridgehead atoms. The van der Waals surface area contributed by atoms with E-state index in [1.807, 2.05) is 0 Å². The van der Waals surface area contributed by atoms with E-state index in [-0.39, 0.29) is 12.2 Å². The molecule has 0 aliphatic carbocycles. The van der Waals surface area contributed by atoms with Crippen molar-refractivity contribution in [2.45, 2.75) is 6.92 Å². The SMILES string of the molecule is COC(=O)CNc1cc(C)c([N+](=O)[O-])cc1Br. The number of nitrogens with zero attached hydrogens (tertiary/aromatic N) is 1. The summed E-state index contributed by atoms with van der Waals surface area (Å²) in [5.74, 6) is -0.409. The van der Waals surface area contributed by atoms with Crippen LogP contribution in [-0.4, -0.2) is 24.5 Å². The minimum atomic E-state index is -0.454. The molecule has 0 unspecified atom stereocenters. The maximum Gasteiger partial charge on any atom is 0.325 e. The van der Waals surface area contributed by atoms with Crippen LogP contribution < -0.4 is 5.32 Å². The quantitative estimate of drug-likeness (QED) is 0.524. The molecule has 0 spiro atoms. The van der Waals surface area contributed by atoms with Crippen LogP contribution in [0.4, 0.5) is 11.4 Å². The number of hydrogen-bond donors (Lipinski definition) is 1. The van der Waals surface area contributed by atoms with Crippen LogP contribution in [0.1, 0.15) is 5.56 Å². The number of carbonyl (C=O) groups excluding carboxylic acids is 1. The summed E-state index contributed by atoms with van der Waals surface area (Å²) >= 11 is 3.20. The fourth-order valence-corrected chi connectivity index (χ4v) is 1.71. The van der Waals surface area contributed by atoms with Gasteiger partial charge in [-0.1, -0.05) is 0 Å². The van der Waals surface area contributed by atoms with E-state index in [1.54, 1.807) is 13.0 Å². The van der Waals surface area contributed by atoms with Crippen LogP contribution in [0, 0.1) is 17.0 Å². The lowest BCUT2D eigenvalue weighted by molar-refractivity contribution is -0.385. The van der Waals surface area contributed by atoms with E-state index in [0.717, 1.165) is 0 Å². The second kappa shape index (κ2) is 5.62. The Morgan fingerprint density at radius 1 is 1.59 bits per heavy atom. The predicted octanol–water partition coefficient (Wildman–Crippen LogP) is 2.25. The Hall–Kier alpha value is -1.63. The molecule has 1 aromatic rings. The molecule has 17 heavy (non-hydrogen) atoms. The smallest absolute Gasteiger partial charge is 0.325 e. The summed E-state index contributed by atoms with van der Waals surface area (Å²) in [7, 11) is 1.29. The van der Waals surface area contributed by atoms with Crippen molar-refractivity contribution in [3.8, 4) is 0 Å². The first-order valence-electron chi connectivity index (χ1n) is 4.71. The fraction of sp³-hybridized carbons (Fsp3) is 0.300. The monoisotopic (exact) mass is 302 g/mol. The van der Waals surface area contributed by atoms with Gasteiger partial charge in [0.1, 0.15) is 6.54 Å². The summed E-state index contributed by atoms with van der Waals surface area (Å²) in [5.41, 5.74) is 1.16. The highest BCUT2D eigenvalue weighted by Crippen LogP contribution is 2.30. The van der Waals surface area contributed by atoms with Gasteiger partial charge in [-0.05, 0) is 28.9 Å². The standard InChI is InChI=1S/C10H11BrN2O4/c1-6-3-8(12-5-10(14)17-2)7(11)4-9(6)13(15)16/h3-4,12H,5H2,1-2H3. The molecule has 0 fully saturated rings. The average molecular weight is 303 g/mol. The molecule has 0 radical (unpaired) electrons. The number of hydrogen-bond acceptors (Lipinski definition) is 5.